The predicted octanol–water partition coefficient (Wildman–Crippen LogP) is 6.37. The van der Waals surface area contributed by atoms with Gasteiger partial charge >= 0.3 is 5.69 Å². The van der Waals surface area contributed by atoms with Crippen LogP contribution in [0.25, 0.3) is 16.9 Å². The highest BCUT2D eigenvalue weighted by atomic mass is 19.1. The number of hydrogen-bond acceptors (Lipinski definition) is 3. The second-order valence-electron chi connectivity index (χ2n) is 8.87. The Bertz CT molecular complexity index is 1540. The van der Waals surface area contributed by atoms with Gasteiger partial charge in [-0.3, -0.25) is 9.13 Å². The maximum Gasteiger partial charge on any atom is 0.333 e. The van der Waals surface area contributed by atoms with Crippen LogP contribution in [0.1, 0.15) is 29.7 Å². The maximum absolute atomic E-state index is 13.7. The number of rotatable bonds is 7. The first-order chi connectivity index (χ1) is 17.5. The van der Waals surface area contributed by atoms with Crippen LogP contribution >= 0.6 is 0 Å². The highest BCUT2D eigenvalue weighted by molar-refractivity contribution is 5.65. The summed E-state index contributed by atoms with van der Waals surface area (Å²) in [5, 5.41) is 3.45. The monoisotopic (exact) mass is 478 g/mol. The van der Waals surface area contributed by atoms with Crippen molar-refractivity contribution in [3.63, 3.8) is 0 Å². The van der Waals surface area contributed by atoms with Crippen LogP contribution in [0, 0.1) is 12.7 Å². The van der Waals surface area contributed by atoms with Gasteiger partial charge in [-0.05, 0) is 66.9 Å². The number of pyridine rings is 1. The van der Waals surface area contributed by atoms with Crippen molar-refractivity contribution in [1.29, 1.82) is 0 Å². The summed E-state index contributed by atoms with van der Waals surface area (Å²) in [5.74, 6) is 0.353. The second-order valence-corrected chi connectivity index (χ2v) is 8.87. The fourth-order valence-electron chi connectivity index (χ4n) is 4.34. The zero-order valence-electron chi connectivity index (χ0n) is 20.2. The molecule has 1 atom stereocenters. The Morgan fingerprint density at radius 2 is 1.67 bits per heavy atom. The number of benzene rings is 3. The highest BCUT2D eigenvalue weighted by Gasteiger charge is 2.17. The molecule has 1 N–H and O–H groups in total. The van der Waals surface area contributed by atoms with Crippen molar-refractivity contribution in [2.45, 2.75) is 26.4 Å². The van der Waals surface area contributed by atoms with Gasteiger partial charge in [-0.1, -0.05) is 54.6 Å². The van der Waals surface area contributed by atoms with Crippen LogP contribution in [0.5, 0.6) is 0 Å². The second kappa shape index (κ2) is 10.0. The summed E-state index contributed by atoms with van der Waals surface area (Å²) in [6.07, 6.45) is 3.59. The SMILES string of the molecule is Cc1ccccc1Cn1cc(-c2ccnc(N[C@@H](C)c3ccccc3)c2)n(-c2ccc(F)cc2)c1=O. The highest BCUT2D eigenvalue weighted by Crippen LogP contribution is 2.26. The molecule has 5 nitrogen and oxygen atoms in total. The molecule has 2 aromatic heterocycles. The standard InChI is InChI=1S/C30H27FN4O/c1-21-8-6-7-11-25(21)19-34-20-28(35(30(34)36)27-14-12-26(31)13-15-27)24-16-17-32-29(18-24)33-22(2)23-9-4-3-5-10-23/h3-18,20,22H,19H2,1-2H3,(H,32,33)/t22-/m0/s1. The Balaban J connectivity index is 1.56. The molecular weight excluding hydrogens is 451 g/mol. The molecule has 3 aromatic carbocycles. The molecule has 0 aliphatic carbocycles. The lowest BCUT2D eigenvalue weighted by Crippen LogP contribution is -2.24. The van der Waals surface area contributed by atoms with Gasteiger partial charge in [0.25, 0.3) is 0 Å². The molecule has 0 saturated heterocycles. The van der Waals surface area contributed by atoms with E-state index in [1.165, 1.54) is 12.1 Å². The van der Waals surface area contributed by atoms with Crippen molar-refractivity contribution in [2.24, 2.45) is 0 Å². The molecular formula is C30H27FN4O. The largest absolute Gasteiger partial charge is 0.364 e. The average Bonchev–Trinajstić information content (AvgIpc) is 3.22. The van der Waals surface area contributed by atoms with Gasteiger partial charge in [0.15, 0.2) is 0 Å². The molecule has 0 unspecified atom stereocenters. The molecule has 0 fully saturated rings. The summed E-state index contributed by atoms with van der Waals surface area (Å²) in [4.78, 5) is 18.1. The Hall–Kier alpha value is -4.45. The van der Waals surface area contributed by atoms with Crippen molar-refractivity contribution in [3.8, 4) is 16.9 Å². The molecule has 0 spiro atoms. The fraction of sp³-hybridized carbons (Fsp3) is 0.133. The quantitative estimate of drug-likeness (QED) is 0.296. The average molecular weight is 479 g/mol. The number of imidazole rings is 1. The molecule has 5 aromatic rings. The maximum atomic E-state index is 13.7. The lowest BCUT2D eigenvalue weighted by Gasteiger charge is -2.15. The first kappa shape index (κ1) is 23.3. The van der Waals surface area contributed by atoms with Crippen molar-refractivity contribution < 1.29 is 4.39 Å². The number of nitrogens with one attached hydrogen (secondary N) is 1. The van der Waals surface area contributed by atoms with E-state index >= 15 is 0 Å². The van der Waals surface area contributed by atoms with Crippen molar-refractivity contribution in [3.05, 3.63) is 136 Å². The molecule has 2 heterocycles. The normalized spacial score (nSPS) is 11.9. The summed E-state index contributed by atoms with van der Waals surface area (Å²) < 4.78 is 17.0. The van der Waals surface area contributed by atoms with Crippen LogP contribution in [0.2, 0.25) is 0 Å². The third kappa shape index (κ3) is 4.84. The Kier molecular flexibility index (Phi) is 6.50. The zero-order chi connectivity index (χ0) is 25.1. The number of nitrogens with zero attached hydrogens (tertiary/aromatic N) is 3. The topological polar surface area (TPSA) is 51.9 Å². The number of halogens is 1. The van der Waals surface area contributed by atoms with Gasteiger partial charge in [0, 0.05) is 24.0 Å². The Labute approximate surface area is 209 Å². The van der Waals surface area contributed by atoms with E-state index in [0.717, 1.165) is 22.3 Å². The van der Waals surface area contributed by atoms with Crippen LogP contribution < -0.4 is 11.0 Å². The predicted molar refractivity (Wildman–Crippen MR) is 142 cm³/mol. The minimum Gasteiger partial charge on any atom is -0.364 e. The molecule has 6 heteroatoms. The fourth-order valence-corrected chi connectivity index (χ4v) is 4.34. The summed E-state index contributed by atoms with van der Waals surface area (Å²) in [7, 11) is 0. The third-order valence-electron chi connectivity index (χ3n) is 6.36. The number of aromatic nitrogens is 3. The summed E-state index contributed by atoms with van der Waals surface area (Å²) in [6, 6.07) is 28.0. The first-order valence-electron chi connectivity index (χ1n) is 11.9. The minimum atomic E-state index is -0.349. The Morgan fingerprint density at radius 3 is 2.42 bits per heavy atom. The van der Waals surface area contributed by atoms with Gasteiger partial charge in [-0.2, -0.15) is 0 Å². The number of hydrogen-bond donors (Lipinski definition) is 1. The molecule has 0 bridgehead atoms. The van der Waals surface area contributed by atoms with Crippen LogP contribution in [-0.4, -0.2) is 14.1 Å². The van der Waals surface area contributed by atoms with E-state index in [9.17, 15) is 9.18 Å². The third-order valence-corrected chi connectivity index (χ3v) is 6.36. The van der Waals surface area contributed by atoms with E-state index < -0.39 is 0 Å². The van der Waals surface area contributed by atoms with E-state index in [-0.39, 0.29) is 17.5 Å². The molecule has 0 radical (unpaired) electrons. The molecule has 36 heavy (non-hydrogen) atoms. The zero-order valence-corrected chi connectivity index (χ0v) is 20.2. The van der Waals surface area contributed by atoms with Gasteiger partial charge in [-0.25, -0.2) is 14.2 Å². The smallest absolute Gasteiger partial charge is 0.333 e. The van der Waals surface area contributed by atoms with E-state index in [1.807, 2.05) is 67.7 Å². The van der Waals surface area contributed by atoms with Crippen molar-refractivity contribution in [2.75, 3.05) is 5.32 Å². The lowest BCUT2D eigenvalue weighted by molar-refractivity contribution is 0.627. The van der Waals surface area contributed by atoms with Gasteiger partial charge in [-0.15, -0.1) is 0 Å². The van der Waals surface area contributed by atoms with E-state index in [4.69, 9.17) is 0 Å². The van der Waals surface area contributed by atoms with Gasteiger partial charge in [0.1, 0.15) is 11.6 Å². The van der Waals surface area contributed by atoms with E-state index in [1.54, 1.807) is 27.5 Å². The van der Waals surface area contributed by atoms with Gasteiger partial charge in [0.05, 0.1) is 17.9 Å². The molecule has 0 saturated carbocycles. The molecule has 0 aliphatic heterocycles. The summed E-state index contributed by atoms with van der Waals surface area (Å²) in [5.41, 5.74) is 5.28. The van der Waals surface area contributed by atoms with Gasteiger partial charge in [0.2, 0.25) is 0 Å². The van der Waals surface area contributed by atoms with E-state index in [0.29, 0.717) is 23.7 Å². The van der Waals surface area contributed by atoms with Crippen LogP contribution in [0.15, 0.2) is 108 Å². The molecule has 180 valence electrons. The van der Waals surface area contributed by atoms with Crippen molar-refractivity contribution in [1.82, 2.24) is 14.1 Å². The van der Waals surface area contributed by atoms with Crippen LogP contribution in [0.3, 0.4) is 0 Å². The minimum absolute atomic E-state index is 0.0545. The number of aryl methyl sites for hydroxylation is 1. The first-order valence-corrected chi connectivity index (χ1v) is 11.9. The van der Waals surface area contributed by atoms with Crippen LogP contribution in [-0.2, 0) is 6.54 Å². The van der Waals surface area contributed by atoms with Crippen LogP contribution in [0.4, 0.5) is 10.2 Å². The molecule has 0 aliphatic rings. The summed E-state index contributed by atoms with van der Waals surface area (Å²) in [6.45, 7) is 4.55. The molecule has 0 amide bonds. The van der Waals surface area contributed by atoms with E-state index in [2.05, 4.69) is 29.4 Å². The number of anilines is 1. The summed E-state index contributed by atoms with van der Waals surface area (Å²) >= 11 is 0. The Morgan fingerprint density at radius 1 is 0.944 bits per heavy atom. The van der Waals surface area contributed by atoms with Gasteiger partial charge < -0.3 is 5.32 Å². The lowest BCUT2D eigenvalue weighted by atomic mass is 10.1. The van der Waals surface area contributed by atoms with Crippen molar-refractivity contribution >= 4 is 5.82 Å². The molecule has 5 rings (SSSR count).